The van der Waals surface area contributed by atoms with Crippen molar-refractivity contribution < 1.29 is 5.11 Å². The molecule has 1 aliphatic carbocycles. The summed E-state index contributed by atoms with van der Waals surface area (Å²) in [6.45, 7) is 5.63. The fraction of sp³-hybridized carbons (Fsp3) is 1.00. The van der Waals surface area contributed by atoms with Crippen LogP contribution in [-0.2, 0) is 0 Å². The number of rotatable bonds is 3. The molecule has 13 heavy (non-hydrogen) atoms. The minimum absolute atomic E-state index is 0.242. The summed E-state index contributed by atoms with van der Waals surface area (Å²) < 4.78 is 0. The number of nitrogens with two attached hydrogens (primary N) is 1. The molecule has 2 atom stereocenters. The molecule has 2 nitrogen and oxygen atoms in total. The van der Waals surface area contributed by atoms with E-state index in [-0.39, 0.29) is 12.0 Å². The molecule has 0 bridgehead atoms. The van der Waals surface area contributed by atoms with E-state index in [0.717, 1.165) is 24.8 Å². The Morgan fingerprint density at radius 3 is 2.23 bits per heavy atom. The van der Waals surface area contributed by atoms with Crippen LogP contribution in [0.2, 0.25) is 0 Å². The van der Waals surface area contributed by atoms with Crippen LogP contribution in [0.3, 0.4) is 0 Å². The second-order valence-electron chi connectivity index (χ2n) is 5.03. The molecule has 0 aromatic carbocycles. The van der Waals surface area contributed by atoms with Gasteiger partial charge in [-0.2, -0.15) is 0 Å². The molecular weight excluding hydrogens is 162 g/mol. The first kappa shape index (κ1) is 11.0. The summed E-state index contributed by atoms with van der Waals surface area (Å²) in [5, 5.41) is 9.03. The first-order valence-electron chi connectivity index (χ1n) is 5.43. The van der Waals surface area contributed by atoms with Gasteiger partial charge in [-0.05, 0) is 49.5 Å². The van der Waals surface area contributed by atoms with E-state index >= 15 is 0 Å². The molecule has 0 aromatic rings. The molecule has 3 N–H and O–H groups in total. The van der Waals surface area contributed by atoms with Crippen LogP contribution in [0.1, 0.15) is 39.5 Å². The molecule has 0 aliphatic heterocycles. The van der Waals surface area contributed by atoms with Crippen molar-refractivity contribution in [2.45, 2.75) is 39.5 Å². The van der Waals surface area contributed by atoms with Gasteiger partial charge in [-0.1, -0.05) is 13.8 Å². The minimum Gasteiger partial charge on any atom is -0.396 e. The van der Waals surface area contributed by atoms with E-state index in [2.05, 4.69) is 13.8 Å². The van der Waals surface area contributed by atoms with Gasteiger partial charge in [0.15, 0.2) is 0 Å². The molecule has 1 rings (SSSR count). The highest BCUT2D eigenvalue weighted by Gasteiger charge is 2.36. The zero-order valence-corrected chi connectivity index (χ0v) is 8.92. The van der Waals surface area contributed by atoms with Crippen molar-refractivity contribution in [3.05, 3.63) is 0 Å². The lowest BCUT2D eigenvalue weighted by molar-refractivity contribution is 0.0796. The summed E-state index contributed by atoms with van der Waals surface area (Å²) in [6.07, 6.45) is 4.62. The van der Waals surface area contributed by atoms with E-state index in [1.165, 1.54) is 19.3 Å². The smallest absolute Gasteiger partial charge is 0.0436 e. The summed E-state index contributed by atoms with van der Waals surface area (Å²) in [5.41, 5.74) is 6.08. The third kappa shape index (κ3) is 2.68. The summed E-state index contributed by atoms with van der Waals surface area (Å²) >= 11 is 0. The fourth-order valence-corrected chi connectivity index (χ4v) is 3.13. The van der Waals surface area contributed by atoms with Crippen LogP contribution < -0.4 is 5.73 Å². The zero-order valence-electron chi connectivity index (χ0n) is 8.92. The van der Waals surface area contributed by atoms with E-state index < -0.39 is 0 Å². The largest absolute Gasteiger partial charge is 0.396 e. The monoisotopic (exact) mass is 185 g/mol. The Morgan fingerprint density at radius 1 is 1.31 bits per heavy atom. The maximum absolute atomic E-state index is 9.03. The number of aliphatic hydroxyl groups excluding tert-OH is 1. The normalized spacial score (nSPS) is 40.6. The van der Waals surface area contributed by atoms with Gasteiger partial charge in [0.1, 0.15) is 0 Å². The lowest BCUT2D eigenvalue weighted by atomic mass is 9.65. The Morgan fingerprint density at radius 2 is 1.85 bits per heavy atom. The van der Waals surface area contributed by atoms with Crippen molar-refractivity contribution in [1.29, 1.82) is 0 Å². The quantitative estimate of drug-likeness (QED) is 0.704. The van der Waals surface area contributed by atoms with Crippen LogP contribution in [-0.4, -0.2) is 18.3 Å². The van der Waals surface area contributed by atoms with E-state index in [4.69, 9.17) is 10.8 Å². The fourth-order valence-electron chi connectivity index (χ4n) is 3.13. The summed E-state index contributed by atoms with van der Waals surface area (Å²) in [6, 6.07) is 0. The highest BCUT2D eigenvalue weighted by atomic mass is 16.3. The molecule has 0 radical (unpaired) electrons. The standard InChI is InChI=1S/C11H23NO/c1-9-5-10(2)7-11(6-9,8-12)3-4-13/h9-10,13H,3-8,12H2,1-2H3. The topological polar surface area (TPSA) is 46.2 Å². The lowest BCUT2D eigenvalue weighted by Gasteiger charge is -2.42. The van der Waals surface area contributed by atoms with Crippen molar-refractivity contribution in [2.24, 2.45) is 23.0 Å². The van der Waals surface area contributed by atoms with Crippen molar-refractivity contribution in [2.75, 3.05) is 13.2 Å². The Balaban J connectivity index is 2.62. The average molecular weight is 185 g/mol. The van der Waals surface area contributed by atoms with Gasteiger partial charge in [0, 0.05) is 6.61 Å². The Kier molecular flexibility index (Phi) is 3.74. The maximum atomic E-state index is 9.03. The van der Waals surface area contributed by atoms with Crippen LogP contribution >= 0.6 is 0 Å². The molecule has 0 heterocycles. The van der Waals surface area contributed by atoms with Crippen LogP contribution in [0.15, 0.2) is 0 Å². The first-order chi connectivity index (χ1) is 6.12. The van der Waals surface area contributed by atoms with Crippen molar-refractivity contribution in [3.63, 3.8) is 0 Å². The minimum atomic E-state index is 0.242. The second kappa shape index (κ2) is 4.43. The SMILES string of the molecule is CC1CC(C)CC(CN)(CCO)C1. The Labute approximate surface area is 81.5 Å². The molecule has 2 unspecified atom stereocenters. The molecule has 0 amide bonds. The van der Waals surface area contributed by atoms with Crippen molar-refractivity contribution in [3.8, 4) is 0 Å². The second-order valence-corrected chi connectivity index (χ2v) is 5.03. The van der Waals surface area contributed by atoms with Gasteiger partial charge in [0.05, 0.1) is 0 Å². The summed E-state index contributed by atoms with van der Waals surface area (Å²) in [7, 11) is 0. The lowest BCUT2D eigenvalue weighted by Crippen LogP contribution is -2.38. The van der Waals surface area contributed by atoms with Crippen LogP contribution in [0.5, 0.6) is 0 Å². The van der Waals surface area contributed by atoms with Gasteiger partial charge in [-0.3, -0.25) is 0 Å². The molecule has 1 aliphatic rings. The van der Waals surface area contributed by atoms with Crippen LogP contribution in [0, 0.1) is 17.3 Å². The van der Waals surface area contributed by atoms with E-state index in [0.29, 0.717) is 0 Å². The zero-order chi connectivity index (χ0) is 9.90. The van der Waals surface area contributed by atoms with Gasteiger partial charge in [-0.25, -0.2) is 0 Å². The molecular formula is C11H23NO. The predicted octanol–water partition coefficient (Wildman–Crippen LogP) is 1.77. The third-order valence-electron chi connectivity index (χ3n) is 3.44. The van der Waals surface area contributed by atoms with Crippen LogP contribution in [0.25, 0.3) is 0 Å². The summed E-state index contributed by atoms with van der Waals surface area (Å²) in [4.78, 5) is 0. The number of aliphatic hydroxyl groups is 1. The van der Waals surface area contributed by atoms with E-state index in [1.807, 2.05) is 0 Å². The van der Waals surface area contributed by atoms with Gasteiger partial charge in [0.2, 0.25) is 0 Å². The van der Waals surface area contributed by atoms with Gasteiger partial charge >= 0.3 is 0 Å². The van der Waals surface area contributed by atoms with E-state index in [1.54, 1.807) is 0 Å². The molecule has 1 fully saturated rings. The Bertz CT molecular complexity index is 148. The molecule has 0 spiro atoms. The highest BCUT2D eigenvalue weighted by Crippen LogP contribution is 2.43. The van der Waals surface area contributed by atoms with Gasteiger partial charge in [0.25, 0.3) is 0 Å². The number of hydrogen-bond acceptors (Lipinski definition) is 2. The molecule has 0 aromatic heterocycles. The highest BCUT2D eigenvalue weighted by molar-refractivity contribution is 4.88. The predicted molar refractivity (Wildman–Crippen MR) is 55.4 cm³/mol. The first-order valence-corrected chi connectivity index (χ1v) is 5.43. The molecule has 0 saturated heterocycles. The molecule has 1 saturated carbocycles. The third-order valence-corrected chi connectivity index (χ3v) is 3.44. The Hall–Kier alpha value is -0.0800. The number of hydrogen-bond donors (Lipinski definition) is 2. The van der Waals surface area contributed by atoms with Crippen molar-refractivity contribution in [1.82, 2.24) is 0 Å². The maximum Gasteiger partial charge on any atom is 0.0436 e. The van der Waals surface area contributed by atoms with Crippen LogP contribution in [0.4, 0.5) is 0 Å². The molecule has 78 valence electrons. The van der Waals surface area contributed by atoms with E-state index in [9.17, 15) is 0 Å². The summed E-state index contributed by atoms with van der Waals surface area (Å²) in [5.74, 6) is 1.55. The van der Waals surface area contributed by atoms with Crippen molar-refractivity contribution >= 4 is 0 Å². The molecule has 2 heteroatoms. The van der Waals surface area contributed by atoms with Gasteiger partial charge in [-0.15, -0.1) is 0 Å². The average Bonchev–Trinajstić information content (AvgIpc) is 2.03. The van der Waals surface area contributed by atoms with Gasteiger partial charge < -0.3 is 10.8 Å².